The van der Waals surface area contributed by atoms with E-state index in [1.54, 1.807) is 12.1 Å². The van der Waals surface area contributed by atoms with Crippen molar-refractivity contribution in [2.75, 3.05) is 20.2 Å². The first-order chi connectivity index (χ1) is 9.65. The maximum absolute atomic E-state index is 11.4. The highest BCUT2D eigenvalue weighted by atomic mass is 16.5. The van der Waals surface area contributed by atoms with Crippen LogP contribution >= 0.6 is 0 Å². The van der Waals surface area contributed by atoms with Gasteiger partial charge < -0.3 is 15.4 Å². The number of imide groups is 1. The molecule has 0 aliphatic carbocycles. The molecule has 3 amide bonds. The first-order valence-corrected chi connectivity index (χ1v) is 6.20. The minimum absolute atomic E-state index is 0.215. The molecule has 0 atom stereocenters. The van der Waals surface area contributed by atoms with E-state index in [4.69, 9.17) is 4.74 Å². The lowest BCUT2D eigenvalue weighted by molar-refractivity contribution is -0.122. The van der Waals surface area contributed by atoms with Gasteiger partial charge in [0.2, 0.25) is 0 Å². The average Bonchev–Trinajstić information content (AvgIpc) is 2.45. The molecule has 0 radical (unpaired) electrons. The molecule has 0 saturated carbocycles. The van der Waals surface area contributed by atoms with Crippen LogP contribution in [0.25, 0.3) is 0 Å². The van der Waals surface area contributed by atoms with Crippen LogP contribution in [0.3, 0.4) is 0 Å². The van der Waals surface area contributed by atoms with Crippen LogP contribution in [0.2, 0.25) is 0 Å². The zero-order chi connectivity index (χ0) is 14.8. The van der Waals surface area contributed by atoms with E-state index in [1.165, 1.54) is 6.08 Å². The van der Waals surface area contributed by atoms with E-state index in [2.05, 4.69) is 22.5 Å². The van der Waals surface area contributed by atoms with E-state index in [0.717, 1.165) is 12.1 Å². The van der Waals surface area contributed by atoms with Crippen LogP contribution in [0.15, 0.2) is 36.9 Å². The maximum Gasteiger partial charge on any atom is 0.321 e. The van der Waals surface area contributed by atoms with Gasteiger partial charge in [0, 0.05) is 13.1 Å². The Morgan fingerprint density at radius 3 is 2.60 bits per heavy atom. The standard InChI is InChI=1S/C14H19N3O3/c1-3-8-16-14(19)17-13(18)10-20-12-6-4-11(5-7-12)9-15-2/h3-7,15H,1,8-10H2,2H3,(H2,16,17,18,19). The van der Waals surface area contributed by atoms with Gasteiger partial charge in [-0.2, -0.15) is 0 Å². The second-order valence-electron chi connectivity index (χ2n) is 4.01. The first kappa shape index (κ1) is 15.7. The molecule has 20 heavy (non-hydrogen) atoms. The van der Waals surface area contributed by atoms with Gasteiger partial charge in [-0.15, -0.1) is 6.58 Å². The van der Waals surface area contributed by atoms with Gasteiger partial charge in [-0.3, -0.25) is 10.1 Å². The lowest BCUT2D eigenvalue weighted by atomic mass is 10.2. The van der Waals surface area contributed by atoms with Crippen LogP contribution in [0, 0.1) is 0 Å². The molecule has 1 aromatic carbocycles. The maximum atomic E-state index is 11.4. The Bertz CT molecular complexity index is 457. The minimum atomic E-state index is -0.567. The molecule has 108 valence electrons. The van der Waals surface area contributed by atoms with Crippen molar-refractivity contribution in [3.63, 3.8) is 0 Å². The molecule has 0 bridgehead atoms. The molecular weight excluding hydrogens is 258 g/mol. The van der Waals surface area contributed by atoms with Crippen molar-refractivity contribution in [3.05, 3.63) is 42.5 Å². The highest BCUT2D eigenvalue weighted by Gasteiger charge is 2.07. The zero-order valence-electron chi connectivity index (χ0n) is 11.4. The van der Waals surface area contributed by atoms with E-state index in [0.29, 0.717) is 12.3 Å². The molecular formula is C14H19N3O3. The summed E-state index contributed by atoms with van der Waals surface area (Å²) in [6.45, 7) is 4.30. The fourth-order valence-corrected chi connectivity index (χ4v) is 1.43. The molecule has 0 aliphatic rings. The van der Waals surface area contributed by atoms with Crippen molar-refractivity contribution in [1.29, 1.82) is 0 Å². The summed E-state index contributed by atoms with van der Waals surface area (Å²) >= 11 is 0. The zero-order valence-corrected chi connectivity index (χ0v) is 11.4. The topological polar surface area (TPSA) is 79.5 Å². The molecule has 0 aliphatic heterocycles. The van der Waals surface area contributed by atoms with Crippen LogP contribution in [0.5, 0.6) is 5.75 Å². The third-order valence-electron chi connectivity index (χ3n) is 2.33. The van der Waals surface area contributed by atoms with Gasteiger partial charge in [-0.25, -0.2) is 4.79 Å². The predicted molar refractivity (Wildman–Crippen MR) is 76.4 cm³/mol. The summed E-state index contributed by atoms with van der Waals surface area (Å²) in [5.41, 5.74) is 1.12. The van der Waals surface area contributed by atoms with Gasteiger partial charge in [0.05, 0.1) is 0 Å². The van der Waals surface area contributed by atoms with E-state index >= 15 is 0 Å². The van der Waals surface area contributed by atoms with Gasteiger partial charge in [-0.1, -0.05) is 18.2 Å². The van der Waals surface area contributed by atoms with Crippen LogP contribution in [-0.4, -0.2) is 32.1 Å². The monoisotopic (exact) mass is 277 g/mol. The number of urea groups is 1. The van der Waals surface area contributed by atoms with E-state index in [-0.39, 0.29) is 6.61 Å². The summed E-state index contributed by atoms with van der Waals surface area (Å²) in [5, 5.41) is 7.61. The van der Waals surface area contributed by atoms with E-state index < -0.39 is 11.9 Å². The van der Waals surface area contributed by atoms with Gasteiger partial charge in [0.15, 0.2) is 6.61 Å². The molecule has 6 nitrogen and oxygen atoms in total. The minimum Gasteiger partial charge on any atom is -0.484 e. The number of hydrogen-bond donors (Lipinski definition) is 3. The van der Waals surface area contributed by atoms with Crippen molar-refractivity contribution >= 4 is 11.9 Å². The predicted octanol–water partition coefficient (Wildman–Crippen LogP) is 0.797. The number of carbonyl (C=O) groups is 2. The molecule has 0 spiro atoms. The normalized spacial score (nSPS) is 9.65. The highest BCUT2D eigenvalue weighted by Crippen LogP contribution is 2.11. The Morgan fingerprint density at radius 2 is 2.00 bits per heavy atom. The van der Waals surface area contributed by atoms with Crippen molar-refractivity contribution in [2.24, 2.45) is 0 Å². The molecule has 0 aromatic heterocycles. The third-order valence-corrected chi connectivity index (χ3v) is 2.33. The first-order valence-electron chi connectivity index (χ1n) is 6.20. The van der Waals surface area contributed by atoms with E-state index in [9.17, 15) is 9.59 Å². The van der Waals surface area contributed by atoms with Crippen LogP contribution in [-0.2, 0) is 11.3 Å². The van der Waals surface area contributed by atoms with Gasteiger partial charge in [0.25, 0.3) is 5.91 Å². The number of rotatable bonds is 7. The quantitative estimate of drug-likeness (QED) is 0.644. The van der Waals surface area contributed by atoms with Gasteiger partial charge in [-0.05, 0) is 24.7 Å². The lowest BCUT2D eigenvalue weighted by Crippen LogP contribution is -2.41. The van der Waals surface area contributed by atoms with Gasteiger partial charge >= 0.3 is 6.03 Å². The van der Waals surface area contributed by atoms with Crippen molar-refractivity contribution in [1.82, 2.24) is 16.0 Å². The molecule has 1 aromatic rings. The Morgan fingerprint density at radius 1 is 1.30 bits per heavy atom. The molecule has 0 saturated heterocycles. The molecule has 0 heterocycles. The summed E-state index contributed by atoms with van der Waals surface area (Å²) in [7, 11) is 1.87. The number of benzene rings is 1. The summed E-state index contributed by atoms with van der Waals surface area (Å²) in [4.78, 5) is 22.6. The molecule has 3 N–H and O–H groups in total. The molecule has 6 heteroatoms. The number of amides is 3. The largest absolute Gasteiger partial charge is 0.484 e. The fourth-order valence-electron chi connectivity index (χ4n) is 1.43. The second-order valence-corrected chi connectivity index (χ2v) is 4.01. The van der Waals surface area contributed by atoms with Crippen molar-refractivity contribution in [2.45, 2.75) is 6.54 Å². The average molecular weight is 277 g/mol. The smallest absolute Gasteiger partial charge is 0.321 e. The summed E-state index contributed by atoms with van der Waals surface area (Å²) < 4.78 is 5.27. The van der Waals surface area contributed by atoms with Crippen molar-refractivity contribution < 1.29 is 14.3 Å². The number of ether oxygens (including phenoxy) is 1. The number of hydrogen-bond acceptors (Lipinski definition) is 4. The molecule has 0 fully saturated rings. The summed E-state index contributed by atoms with van der Waals surface area (Å²) in [5.74, 6) is 0.0670. The summed E-state index contributed by atoms with van der Waals surface area (Å²) in [6.07, 6.45) is 1.52. The Labute approximate surface area is 118 Å². The van der Waals surface area contributed by atoms with Crippen LogP contribution < -0.4 is 20.7 Å². The molecule has 1 rings (SSSR count). The Kier molecular flexibility index (Phi) is 6.84. The lowest BCUT2D eigenvalue weighted by Gasteiger charge is -2.08. The second kappa shape index (κ2) is 8.71. The fraction of sp³-hybridized carbons (Fsp3) is 0.286. The highest BCUT2D eigenvalue weighted by molar-refractivity contribution is 5.95. The summed E-state index contributed by atoms with van der Waals surface area (Å²) in [6, 6.07) is 6.79. The Hall–Kier alpha value is -2.34. The number of carbonyl (C=O) groups excluding carboxylic acids is 2. The van der Waals surface area contributed by atoms with Crippen LogP contribution in [0.4, 0.5) is 4.79 Å². The number of nitrogens with one attached hydrogen (secondary N) is 3. The Balaban J connectivity index is 2.33. The SMILES string of the molecule is C=CCNC(=O)NC(=O)COc1ccc(CNC)cc1. The third kappa shape index (κ3) is 6.01. The van der Waals surface area contributed by atoms with E-state index in [1.807, 2.05) is 19.2 Å². The van der Waals surface area contributed by atoms with Crippen LogP contribution in [0.1, 0.15) is 5.56 Å². The molecule has 0 unspecified atom stereocenters. The van der Waals surface area contributed by atoms with Crippen molar-refractivity contribution in [3.8, 4) is 5.75 Å². The van der Waals surface area contributed by atoms with Gasteiger partial charge in [0.1, 0.15) is 5.75 Å².